The SMILES string of the molecule is CCc1ccc(CCc2ccnc(N)c2)s1. The lowest BCUT2D eigenvalue weighted by Crippen LogP contribution is -1.93. The van der Waals surface area contributed by atoms with Crippen LogP contribution in [0.5, 0.6) is 0 Å². The van der Waals surface area contributed by atoms with Crippen molar-refractivity contribution >= 4 is 17.2 Å². The zero-order valence-corrected chi connectivity index (χ0v) is 10.3. The number of nitrogens with two attached hydrogens (primary N) is 1. The molecule has 0 spiro atoms. The van der Waals surface area contributed by atoms with E-state index >= 15 is 0 Å². The van der Waals surface area contributed by atoms with Gasteiger partial charge in [-0.15, -0.1) is 11.3 Å². The molecule has 0 aliphatic carbocycles. The number of nitrogens with zero attached hydrogens (tertiary/aromatic N) is 1. The van der Waals surface area contributed by atoms with E-state index in [1.807, 2.05) is 23.5 Å². The van der Waals surface area contributed by atoms with Crippen molar-refractivity contribution in [3.8, 4) is 0 Å². The van der Waals surface area contributed by atoms with Gasteiger partial charge in [0, 0.05) is 16.0 Å². The predicted molar refractivity (Wildman–Crippen MR) is 69.8 cm³/mol. The van der Waals surface area contributed by atoms with Crippen molar-refractivity contribution in [3.63, 3.8) is 0 Å². The van der Waals surface area contributed by atoms with Crippen molar-refractivity contribution < 1.29 is 0 Å². The molecule has 0 saturated heterocycles. The van der Waals surface area contributed by atoms with Crippen LogP contribution in [-0.2, 0) is 19.3 Å². The lowest BCUT2D eigenvalue weighted by atomic mass is 10.1. The summed E-state index contributed by atoms with van der Waals surface area (Å²) < 4.78 is 0. The van der Waals surface area contributed by atoms with Crippen LogP contribution in [-0.4, -0.2) is 4.98 Å². The fourth-order valence-corrected chi connectivity index (χ4v) is 2.62. The van der Waals surface area contributed by atoms with E-state index in [-0.39, 0.29) is 0 Å². The second kappa shape index (κ2) is 5.12. The molecule has 0 amide bonds. The van der Waals surface area contributed by atoms with Crippen LogP contribution in [0.25, 0.3) is 0 Å². The fraction of sp³-hybridized carbons (Fsp3) is 0.308. The van der Waals surface area contributed by atoms with E-state index < -0.39 is 0 Å². The van der Waals surface area contributed by atoms with E-state index in [9.17, 15) is 0 Å². The van der Waals surface area contributed by atoms with Gasteiger partial charge in [0.05, 0.1) is 0 Å². The van der Waals surface area contributed by atoms with Crippen LogP contribution in [0.4, 0.5) is 5.82 Å². The first kappa shape index (κ1) is 11.1. The number of rotatable bonds is 4. The highest BCUT2D eigenvalue weighted by Crippen LogP contribution is 2.19. The standard InChI is InChI=1S/C13H16N2S/c1-2-11-5-6-12(16-11)4-3-10-7-8-15-13(14)9-10/h5-9H,2-4H2,1H3,(H2,14,15). The van der Waals surface area contributed by atoms with Crippen molar-refractivity contribution in [1.29, 1.82) is 0 Å². The minimum atomic E-state index is 0.609. The second-order valence-electron chi connectivity index (χ2n) is 3.81. The monoisotopic (exact) mass is 232 g/mol. The van der Waals surface area contributed by atoms with Gasteiger partial charge in [0.1, 0.15) is 5.82 Å². The molecule has 0 fully saturated rings. The van der Waals surface area contributed by atoms with Gasteiger partial charge in [-0.25, -0.2) is 4.98 Å². The summed E-state index contributed by atoms with van der Waals surface area (Å²) in [6, 6.07) is 8.44. The van der Waals surface area contributed by atoms with Crippen molar-refractivity contribution in [3.05, 3.63) is 45.8 Å². The summed E-state index contributed by atoms with van der Waals surface area (Å²) in [5.41, 5.74) is 6.91. The molecule has 0 radical (unpaired) electrons. The molecule has 2 rings (SSSR count). The first-order valence-electron chi connectivity index (χ1n) is 5.56. The summed E-state index contributed by atoms with van der Waals surface area (Å²) in [4.78, 5) is 6.91. The number of aryl methyl sites for hydroxylation is 3. The van der Waals surface area contributed by atoms with Gasteiger partial charge < -0.3 is 5.73 Å². The Morgan fingerprint density at radius 3 is 2.69 bits per heavy atom. The Bertz CT molecular complexity index is 462. The minimum absolute atomic E-state index is 0.609. The number of thiophene rings is 1. The third kappa shape index (κ3) is 2.83. The van der Waals surface area contributed by atoms with Crippen LogP contribution in [0, 0.1) is 0 Å². The molecule has 2 aromatic rings. The maximum atomic E-state index is 5.64. The van der Waals surface area contributed by atoms with Crippen LogP contribution in [0.3, 0.4) is 0 Å². The van der Waals surface area contributed by atoms with Gasteiger partial charge in [0.15, 0.2) is 0 Å². The summed E-state index contributed by atoms with van der Waals surface area (Å²) in [7, 11) is 0. The zero-order valence-electron chi connectivity index (χ0n) is 9.44. The number of nitrogen functional groups attached to an aromatic ring is 1. The van der Waals surface area contributed by atoms with E-state index in [0.717, 1.165) is 19.3 Å². The Labute approximate surface area is 100 Å². The first-order valence-corrected chi connectivity index (χ1v) is 6.37. The molecule has 0 bridgehead atoms. The lowest BCUT2D eigenvalue weighted by molar-refractivity contribution is 0.976. The van der Waals surface area contributed by atoms with Gasteiger partial charge in [0.2, 0.25) is 0 Å². The Morgan fingerprint density at radius 2 is 2.00 bits per heavy atom. The van der Waals surface area contributed by atoms with E-state index in [0.29, 0.717) is 5.82 Å². The maximum Gasteiger partial charge on any atom is 0.123 e. The Kier molecular flexibility index (Phi) is 3.57. The Hall–Kier alpha value is -1.35. The third-order valence-electron chi connectivity index (χ3n) is 2.57. The van der Waals surface area contributed by atoms with Gasteiger partial charge in [-0.05, 0) is 49.1 Å². The second-order valence-corrected chi connectivity index (χ2v) is 5.06. The van der Waals surface area contributed by atoms with Crippen molar-refractivity contribution in [2.24, 2.45) is 0 Å². The molecule has 0 aliphatic heterocycles. The van der Waals surface area contributed by atoms with Crippen LogP contribution in [0.15, 0.2) is 30.5 Å². The van der Waals surface area contributed by atoms with E-state index in [2.05, 4.69) is 24.0 Å². The zero-order chi connectivity index (χ0) is 11.4. The summed E-state index contributed by atoms with van der Waals surface area (Å²) in [5, 5.41) is 0. The van der Waals surface area contributed by atoms with Crippen LogP contribution in [0.2, 0.25) is 0 Å². The van der Waals surface area contributed by atoms with Crippen LogP contribution >= 0.6 is 11.3 Å². The van der Waals surface area contributed by atoms with E-state index in [1.54, 1.807) is 6.20 Å². The van der Waals surface area contributed by atoms with Gasteiger partial charge in [-0.3, -0.25) is 0 Å². The van der Waals surface area contributed by atoms with Crippen LogP contribution in [0.1, 0.15) is 22.2 Å². The number of anilines is 1. The minimum Gasteiger partial charge on any atom is -0.384 e. The molecule has 0 aliphatic rings. The Balaban J connectivity index is 1.96. The molecule has 16 heavy (non-hydrogen) atoms. The molecule has 3 heteroatoms. The summed E-state index contributed by atoms with van der Waals surface area (Å²) in [5.74, 6) is 0.609. The van der Waals surface area contributed by atoms with Gasteiger partial charge in [0.25, 0.3) is 0 Å². The molecule has 2 nitrogen and oxygen atoms in total. The summed E-state index contributed by atoms with van der Waals surface area (Å²) in [6.45, 7) is 2.19. The average Bonchev–Trinajstić information content (AvgIpc) is 2.74. The van der Waals surface area contributed by atoms with Crippen molar-refractivity contribution in [1.82, 2.24) is 4.98 Å². The van der Waals surface area contributed by atoms with Crippen LogP contribution < -0.4 is 5.73 Å². The van der Waals surface area contributed by atoms with E-state index in [4.69, 9.17) is 5.73 Å². The molecule has 2 N–H and O–H groups in total. The molecule has 0 atom stereocenters. The van der Waals surface area contributed by atoms with Gasteiger partial charge >= 0.3 is 0 Å². The largest absolute Gasteiger partial charge is 0.384 e. The van der Waals surface area contributed by atoms with E-state index in [1.165, 1.54) is 15.3 Å². The highest BCUT2D eigenvalue weighted by Gasteiger charge is 2.00. The molecular weight excluding hydrogens is 216 g/mol. The topological polar surface area (TPSA) is 38.9 Å². The average molecular weight is 232 g/mol. The molecule has 84 valence electrons. The molecule has 0 unspecified atom stereocenters. The number of hydrogen-bond acceptors (Lipinski definition) is 3. The highest BCUT2D eigenvalue weighted by molar-refractivity contribution is 7.11. The quantitative estimate of drug-likeness (QED) is 0.880. The molecule has 2 heterocycles. The third-order valence-corrected chi connectivity index (χ3v) is 3.86. The summed E-state index contributed by atoms with van der Waals surface area (Å²) in [6.07, 6.45) is 5.04. The van der Waals surface area contributed by atoms with Crippen molar-refractivity contribution in [2.75, 3.05) is 5.73 Å². The molecule has 0 aromatic carbocycles. The first-order chi connectivity index (χ1) is 7.78. The highest BCUT2D eigenvalue weighted by atomic mass is 32.1. The maximum absolute atomic E-state index is 5.64. The number of pyridine rings is 1. The van der Waals surface area contributed by atoms with Gasteiger partial charge in [-0.1, -0.05) is 6.92 Å². The predicted octanol–water partition coefficient (Wildman–Crippen LogP) is 3.07. The van der Waals surface area contributed by atoms with Crippen molar-refractivity contribution in [2.45, 2.75) is 26.2 Å². The lowest BCUT2D eigenvalue weighted by Gasteiger charge is -2.00. The molecule has 0 saturated carbocycles. The molecule has 2 aromatic heterocycles. The number of aromatic nitrogens is 1. The smallest absolute Gasteiger partial charge is 0.123 e. The normalized spacial score (nSPS) is 10.6. The summed E-state index contributed by atoms with van der Waals surface area (Å²) >= 11 is 1.91. The number of hydrogen-bond donors (Lipinski definition) is 1. The Morgan fingerprint density at radius 1 is 1.19 bits per heavy atom. The molecular formula is C13H16N2S. The van der Waals surface area contributed by atoms with Gasteiger partial charge in [-0.2, -0.15) is 0 Å². The fourth-order valence-electron chi connectivity index (χ4n) is 1.66.